The summed E-state index contributed by atoms with van der Waals surface area (Å²) in [4.78, 5) is 128. The van der Waals surface area contributed by atoms with E-state index in [1.54, 1.807) is 30.8 Å². The number of epoxide rings is 1. The van der Waals surface area contributed by atoms with Crippen LogP contribution in [0.15, 0.2) is 35.7 Å². The van der Waals surface area contributed by atoms with E-state index in [0.717, 1.165) is 29.7 Å². The van der Waals surface area contributed by atoms with Gasteiger partial charge in [0.05, 0.1) is 11.3 Å². The third-order valence-electron chi connectivity index (χ3n) is 14.1. The minimum atomic E-state index is -1.40. The van der Waals surface area contributed by atoms with Crippen molar-refractivity contribution in [2.45, 2.75) is 186 Å². The predicted molar refractivity (Wildman–Crippen MR) is 286 cm³/mol. The standard InChI is InChI=1S/C54H81N7O12S2/c1-14-24-53(9,10)75-40-28-42(64)61(50(40)69)25-20-19-23-41(63)60(13)45(32(5)6)48(68)58-44(33(7)15-2)51(70)59(12)38(31(3)4)27-39(72-34(8)62)49-57-37(30-74-49)47(67)56-36(26-35-21-17-16-18-22-35)46-54(11,73-46)52(71)55-29-43(65)66/h16-18,21-22,30-33,36,38-40,44-46H,14-15,19-20,23-29H2,1-13H3,(H,55,71)(H,56,67)(H,58,68)(H,65,66)/t33-,36-,38+,39+,40?,44-,45+,46?,54?/m0/s1. The zero-order valence-electron chi connectivity index (χ0n) is 46.1. The molecule has 9 atom stereocenters. The average molecular weight is 1080 g/mol. The molecule has 0 saturated carbocycles. The van der Waals surface area contributed by atoms with Crippen LogP contribution in [0.25, 0.3) is 0 Å². The van der Waals surface area contributed by atoms with E-state index in [0.29, 0.717) is 24.3 Å². The second-order valence-corrected chi connectivity index (χ2v) is 24.2. The number of thioether (sulfide) groups is 1. The second-order valence-electron chi connectivity index (χ2n) is 21.4. The molecule has 0 spiro atoms. The van der Waals surface area contributed by atoms with E-state index >= 15 is 0 Å². The lowest BCUT2D eigenvalue weighted by Crippen LogP contribution is -2.59. The van der Waals surface area contributed by atoms with Gasteiger partial charge in [0.1, 0.15) is 35.4 Å². The van der Waals surface area contributed by atoms with Crippen molar-refractivity contribution in [3.63, 3.8) is 0 Å². The van der Waals surface area contributed by atoms with Crippen LogP contribution in [0.5, 0.6) is 0 Å². The Labute approximate surface area is 450 Å². The number of carboxylic acids is 1. The number of benzene rings is 1. The zero-order chi connectivity index (χ0) is 56.1. The molecule has 2 fully saturated rings. The predicted octanol–water partition coefficient (Wildman–Crippen LogP) is 5.94. The lowest BCUT2D eigenvalue weighted by atomic mass is 9.92. The van der Waals surface area contributed by atoms with Crippen molar-refractivity contribution in [2.24, 2.45) is 17.8 Å². The first-order valence-electron chi connectivity index (χ1n) is 26.2. The van der Waals surface area contributed by atoms with Crippen molar-refractivity contribution in [3.05, 3.63) is 52.0 Å². The minimum Gasteiger partial charge on any atom is -0.480 e. The molecule has 7 amide bonds. The van der Waals surface area contributed by atoms with E-state index in [1.807, 2.05) is 71.9 Å². The van der Waals surface area contributed by atoms with Gasteiger partial charge in [-0.25, -0.2) is 4.98 Å². The van der Waals surface area contributed by atoms with Gasteiger partial charge in [-0.1, -0.05) is 105 Å². The fourth-order valence-corrected chi connectivity index (χ4v) is 12.1. The lowest BCUT2D eigenvalue weighted by Gasteiger charge is -2.38. The Hall–Kier alpha value is -5.41. The molecule has 2 aliphatic rings. The van der Waals surface area contributed by atoms with Crippen LogP contribution in [0, 0.1) is 17.8 Å². The second kappa shape index (κ2) is 27.6. The molecule has 3 unspecified atom stereocenters. The molecule has 1 aromatic heterocycles. The number of thiazole rings is 1. The fourth-order valence-electron chi connectivity index (χ4n) is 9.72. The molecule has 21 heteroatoms. The molecule has 2 aromatic rings. The van der Waals surface area contributed by atoms with Crippen molar-refractivity contribution in [2.75, 3.05) is 27.2 Å². The monoisotopic (exact) mass is 1080 g/mol. The summed E-state index contributed by atoms with van der Waals surface area (Å²) in [6, 6.07) is 6.06. The van der Waals surface area contributed by atoms with Crippen LogP contribution in [0.3, 0.4) is 0 Å². The Morgan fingerprint density at radius 2 is 1.65 bits per heavy atom. The van der Waals surface area contributed by atoms with Crippen LogP contribution >= 0.6 is 23.1 Å². The maximum atomic E-state index is 14.7. The van der Waals surface area contributed by atoms with Gasteiger partial charge in [-0.15, -0.1) is 23.1 Å². The molecule has 2 saturated heterocycles. The molecule has 0 radical (unpaired) electrons. The number of likely N-dealkylation sites (tertiary alicyclic amines) is 1. The van der Waals surface area contributed by atoms with Crippen molar-refractivity contribution in [1.29, 1.82) is 0 Å². The summed E-state index contributed by atoms with van der Waals surface area (Å²) in [5.41, 5.74) is -0.532. The number of rotatable bonds is 30. The number of unbranched alkanes of at least 4 members (excludes halogenated alkanes) is 1. The Morgan fingerprint density at radius 1 is 0.987 bits per heavy atom. The summed E-state index contributed by atoms with van der Waals surface area (Å²) in [6.07, 6.45) is 2.12. The highest BCUT2D eigenvalue weighted by Crippen LogP contribution is 2.41. The van der Waals surface area contributed by atoms with Gasteiger partial charge in [-0.05, 0) is 55.9 Å². The largest absolute Gasteiger partial charge is 0.480 e. The van der Waals surface area contributed by atoms with Crippen LogP contribution in [-0.4, -0.2) is 151 Å². The molecule has 0 aliphatic carbocycles. The maximum Gasteiger partial charge on any atom is 0.322 e. The number of aliphatic carboxylic acids is 1. The Kier molecular flexibility index (Phi) is 22.8. The number of amides is 7. The summed E-state index contributed by atoms with van der Waals surface area (Å²) in [6.45, 7) is 19.9. The van der Waals surface area contributed by atoms with Crippen molar-refractivity contribution < 1.29 is 57.7 Å². The molecule has 19 nitrogen and oxygen atoms in total. The van der Waals surface area contributed by atoms with E-state index in [2.05, 4.69) is 41.7 Å². The van der Waals surface area contributed by atoms with E-state index < -0.39 is 83.4 Å². The van der Waals surface area contributed by atoms with Crippen LogP contribution in [0.2, 0.25) is 0 Å². The number of imide groups is 1. The third kappa shape index (κ3) is 17.0. The molecule has 4 N–H and O–H groups in total. The van der Waals surface area contributed by atoms with Gasteiger partial charge in [0, 0.05) is 63.0 Å². The van der Waals surface area contributed by atoms with Crippen molar-refractivity contribution >= 4 is 76.4 Å². The van der Waals surface area contributed by atoms with E-state index in [9.17, 15) is 43.2 Å². The molecule has 4 rings (SSSR count). The number of esters is 1. The summed E-state index contributed by atoms with van der Waals surface area (Å²) < 4.78 is 11.5. The van der Waals surface area contributed by atoms with Crippen LogP contribution in [0.1, 0.15) is 155 Å². The van der Waals surface area contributed by atoms with Crippen molar-refractivity contribution in [1.82, 2.24) is 35.6 Å². The van der Waals surface area contributed by atoms with Gasteiger partial charge < -0.3 is 40.3 Å². The molecule has 1 aromatic carbocycles. The topological polar surface area (TPSA) is 254 Å². The molecule has 416 valence electrons. The highest BCUT2D eigenvalue weighted by molar-refractivity contribution is 8.02. The Morgan fingerprint density at radius 3 is 2.24 bits per heavy atom. The molecule has 2 aliphatic heterocycles. The molecular formula is C54H81N7O12S2. The number of likely N-dealkylation sites (N-methyl/N-ethyl adjacent to an activating group) is 2. The van der Waals surface area contributed by atoms with Crippen LogP contribution < -0.4 is 16.0 Å². The van der Waals surface area contributed by atoms with Gasteiger partial charge >= 0.3 is 11.9 Å². The Bertz CT molecular complexity index is 2350. The summed E-state index contributed by atoms with van der Waals surface area (Å²) in [5, 5.41) is 18.8. The fraction of sp³-hybridized carbons (Fsp3) is 0.667. The number of carbonyl (C=O) groups is 9. The summed E-state index contributed by atoms with van der Waals surface area (Å²) >= 11 is 2.64. The van der Waals surface area contributed by atoms with Gasteiger partial charge in [0.15, 0.2) is 11.7 Å². The number of carboxylic acid groups (broad SMARTS) is 1. The van der Waals surface area contributed by atoms with Crippen LogP contribution in [-0.2, 0) is 54.3 Å². The number of ether oxygens (including phenoxy) is 2. The minimum absolute atomic E-state index is 0.0147. The lowest BCUT2D eigenvalue weighted by molar-refractivity contribution is -0.149. The highest BCUT2D eigenvalue weighted by atomic mass is 32.2. The van der Waals surface area contributed by atoms with Gasteiger partial charge in [0.25, 0.3) is 11.8 Å². The number of hydrogen-bond donors (Lipinski definition) is 4. The number of nitrogens with one attached hydrogen (secondary N) is 3. The number of carbonyl (C=O) groups excluding carboxylic acids is 8. The van der Waals surface area contributed by atoms with Gasteiger partial charge in [-0.3, -0.25) is 48.1 Å². The quantitative estimate of drug-likeness (QED) is 0.0306. The van der Waals surface area contributed by atoms with E-state index in [-0.39, 0.29) is 84.1 Å². The van der Waals surface area contributed by atoms with Crippen molar-refractivity contribution in [3.8, 4) is 0 Å². The maximum absolute atomic E-state index is 14.7. The molecular weight excluding hydrogens is 1000 g/mol. The highest BCUT2D eigenvalue weighted by Gasteiger charge is 2.62. The normalized spacial score (nSPS) is 19.9. The van der Waals surface area contributed by atoms with E-state index in [1.165, 1.54) is 29.0 Å². The Balaban J connectivity index is 1.45. The van der Waals surface area contributed by atoms with Gasteiger partial charge in [-0.2, -0.15) is 0 Å². The number of aromatic nitrogens is 1. The molecule has 75 heavy (non-hydrogen) atoms. The summed E-state index contributed by atoms with van der Waals surface area (Å²) in [7, 11) is 3.20. The number of nitrogens with zero attached hydrogens (tertiary/aromatic N) is 4. The SMILES string of the molecule is CCCC(C)(C)SC1CC(=O)N(CCCCC(=O)N(C)[C@@H](C(=O)N[C@H](C(=O)N(C)[C@H](C[C@@H](OC(C)=O)c2nc(C(=O)N[C@@H](Cc3ccccc3)C3OC3(C)C(=O)NCC(=O)O)cs2)C(C)C)[C@@H](C)CC)C(C)C)C1=O. The molecule has 0 bridgehead atoms. The summed E-state index contributed by atoms with van der Waals surface area (Å²) in [5.74, 6) is -5.44. The van der Waals surface area contributed by atoms with Crippen LogP contribution in [0.4, 0.5) is 0 Å². The first-order valence-corrected chi connectivity index (χ1v) is 27.9. The first-order chi connectivity index (χ1) is 35.2. The van der Waals surface area contributed by atoms with E-state index in [4.69, 9.17) is 14.6 Å². The third-order valence-corrected chi connectivity index (χ3v) is 16.6. The average Bonchev–Trinajstić information content (AvgIpc) is 3.65. The number of hydrogen-bond acceptors (Lipinski definition) is 14. The smallest absolute Gasteiger partial charge is 0.322 e. The van der Waals surface area contributed by atoms with Gasteiger partial charge in [0.2, 0.25) is 29.5 Å². The first kappa shape index (κ1) is 62.1. The zero-order valence-corrected chi connectivity index (χ0v) is 47.7. The molecule has 3 heterocycles.